The molecule has 0 aliphatic carbocycles. The van der Waals surface area contributed by atoms with Crippen LogP contribution in [0, 0.1) is 13.8 Å². The van der Waals surface area contributed by atoms with Crippen molar-refractivity contribution in [3.8, 4) is 28.7 Å². The second-order valence-electron chi connectivity index (χ2n) is 5.67. The molecule has 0 bridgehead atoms. The third-order valence-electron chi connectivity index (χ3n) is 4.08. The molecule has 1 aliphatic heterocycles. The smallest absolute Gasteiger partial charge is 0.174 e. The maximum absolute atomic E-state index is 12.4. The van der Waals surface area contributed by atoms with Crippen molar-refractivity contribution in [2.75, 3.05) is 0 Å². The molecular weight excluding hydrogens is 300 g/mol. The van der Waals surface area contributed by atoms with E-state index in [0.29, 0.717) is 11.1 Å². The molecule has 0 saturated heterocycles. The summed E-state index contributed by atoms with van der Waals surface area (Å²) in [6.45, 7) is 3.11. The van der Waals surface area contributed by atoms with Crippen LogP contribution in [0.25, 0.3) is 0 Å². The van der Waals surface area contributed by atoms with Crippen molar-refractivity contribution in [3.63, 3.8) is 0 Å². The second kappa shape index (κ2) is 5.08. The number of aromatic hydroxyl groups is 4. The van der Waals surface area contributed by atoms with Crippen LogP contribution in [0.2, 0.25) is 0 Å². The lowest BCUT2D eigenvalue weighted by Crippen LogP contribution is -2.21. The third kappa shape index (κ3) is 2.32. The Morgan fingerprint density at radius 1 is 0.957 bits per heavy atom. The van der Waals surface area contributed by atoms with E-state index in [1.54, 1.807) is 6.92 Å². The summed E-state index contributed by atoms with van der Waals surface area (Å²) in [7, 11) is 0. The van der Waals surface area contributed by atoms with Crippen LogP contribution in [0.3, 0.4) is 0 Å². The minimum atomic E-state index is -0.729. The van der Waals surface area contributed by atoms with Crippen LogP contribution in [0.1, 0.15) is 39.6 Å². The average Bonchev–Trinajstić information content (AvgIpc) is 2.49. The number of hydrogen-bond donors (Lipinski definition) is 4. The van der Waals surface area contributed by atoms with Crippen molar-refractivity contribution in [1.82, 2.24) is 0 Å². The van der Waals surface area contributed by atoms with Gasteiger partial charge < -0.3 is 25.2 Å². The van der Waals surface area contributed by atoms with Crippen LogP contribution in [0.15, 0.2) is 18.2 Å². The van der Waals surface area contributed by atoms with Gasteiger partial charge in [-0.05, 0) is 26.0 Å². The largest absolute Gasteiger partial charge is 0.508 e. The van der Waals surface area contributed by atoms with Crippen LogP contribution < -0.4 is 4.74 Å². The van der Waals surface area contributed by atoms with Gasteiger partial charge in [0.05, 0.1) is 6.42 Å². The molecule has 2 aromatic carbocycles. The number of ether oxygens (including phenoxy) is 1. The molecule has 4 N–H and O–H groups in total. The van der Waals surface area contributed by atoms with Crippen LogP contribution in [-0.4, -0.2) is 26.2 Å². The fourth-order valence-electron chi connectivity index (χ4n) is 2.83. The number of hydrogen-bond acceptors (Lipinski definition) is 6. The Bertz CT molecular complexity index is 804. The molecule has 0 spiro atoms. The zero-order valence-electron chi connectivity index (χ0n) is 12.6. The molecule has 6 heteroatoms. The van der Waals surface area contributed by atoms with E-state index in [-0.39, 0.29) is 52.1 Å². The van der Waals surface area contributed by atoms with Gasteiger partial charge in [0.15, 0.2) is 5.78 Å². The van der Waals surface area contributed by atoms with Gasteiger partial charge in [-0.15, -0.1) is 0 Å². The number of rotatable bonds is 1. The standard InChI is InChI=1S/C17H16O6/c1-7-15(21)8(2)17-14(16(7)22)12(20)6-13(23-17)9-3-10(18)5-11(19)4-9/h3-5,13,18-19,21-22H,6H2,1-2H3/t13-/m0/s1. The number of ketones is 1. The first kappa shape index (κ1) is 15.0. The Balaban J connectivity index is 2.12. The molecule has 0 radical (unpaired) electrons. The van der Waals surface area contributed by atoms with E-state index >= 15 is 0 Å². The molecule has 6 nitrogen and oxygen atoms in total. The summed E-state index contributed by atoms with van der Waals surface area (Å²) < 4.78 is 5.78. The Morgan fingerprint density at radius 3 is 2.17 bits per heavy atom. The number of fused-ring (bicyclic) bond motifs is 1. The average molecular weight is 316 g/mol. The minimum absolute atomic E-state index is 0.0485. The van der Waals surface area contributed by atoms with Gasteiger partial charge in [-0.25, -0.2) is 0 Å². The summed E-state index contributed by atoms with van der Waals surface area (Å²) in [4.78, 5) is 12.4. The van der Waals surface area contributed by atoms with Crippen molar-refractivity contribution < 1.29 is 30.0 Å². The molecule has 120 valence electrons. The summed E-state index contributed by atoms with van der Waals surface area (Å²) in [5, 5.41) is 39.3. The zero-order valence-corrected chi connectivity index (χ0v) is 12.6. The van der Waals surface area contributed by atoms with E-state index in [1.165, 1.54) is 25.1 Å². The maximum Gasteiger partial charge on any atom is 0.174 e. The molecule has 23 heavy (non-hydrogen) atoms. The number of carbonyl (C=O) groups is 1. The molecular formula is C17H16O6. The SMILES string of the molecule is Cc1c(O)c(C)c2c(c1O)C(=O)C[C@@H](c1cc(O)cc(O)c1)O2. The van der Waals surface area contributed by atoms with Gasteiger partial charge in [-0.1, -0.05) is 0 Å². The molecule has 3 rings (SSSR count). The van der Waals surface area contributed by atoms with Crippen LogP contribution in [0.4, 0.5) is 0 Å². The highest BCUT2D eigenvalue weighted by Crippen LogP contribution is 2.47. The third-order valence-corrected chi connectivity index (χ3v) is 4.08. The fraction of sp³-hybridized carbons (Fsp3) is 0.235. The quantitative estimate of drug-likeness (QED) is 0.644. The van der Waals surface area contributed by atoms with Crippen molar-refractivity contribution >= 4 is 5.78 Å². The lowest BCUT2D eigenvalue weighted by atomic mass is 9.91. The van der Waals surface area contributed by atoms with E-state index in [9.17, 15) is 25.2 Å². The predicted octanol–water partition coefficient (Wildman–Crippen LogP) is 2.83. The summed E-state index contributed by atoms with van der Waals surface area (Å²) in [6, 6.07) is 3.96. The molecule has 2 aromatic rings. The first-order chi connectivity index (χ1) is 10.8. The molecule has 0 fully saturated rings. The molecule has 1 atom stereocenters. The van der Waals surface area contributed by atoms with E-state index in [0.717, 1.165) is 0 Å². The topological polar surface area (TPSA) is 107 Å². The van der Waals surface area contributed by atoms with Crippen molar-refractivity contribution in [2.24, 2.45) is 0 Å². The highest BCUT2D eigenvalue weighted by atomic mass is 16.5. The van der Waals surface area contributed by atoms with Crippen LogP contribution in [-0.2, 0) is 0 Å². The number of phenols is 4. The first-order valence-corrected chi connectivity index (χ1v) is 7.07. The Kier molecular flexibility index (Phi) is 3.32. The van der Waals surface area contributed by atoms with Gasteiger partial charge in [-0.2, -0.15) is 0 Å². The van der Waals surface area contributed by atoms with Crippen molar-refractivity contribution in [2.45, 2.75) is 26.4 Å². The van der Waals surface area contributed by atoms with Gasteiger partial charge in [0, 0.05) is 22.8 Å². The van der Waals surface area contributed by atoms with E-state index in [1.807, 2.05) is 0 Å². The monoisotopic (exact) mass is 316 g/mol. The molecule has 1 heterocycles. The zero-order chi connectivity index (χ0) is 16.9. The molecule has 0 aromatic heterocycles. The van der Waals surface area contributed by atoms with E-state index in [4.69, 9.17) is 4.74 Å². The fourth-order valence-corrected chi connectivity index (χ4v) is 2.83. The number of benzene rings is 2. The van der Waals surface area contributed by atoms with E-state index in [2.05, 4.69) is 0 Å². The Labute approximate surface area is 132 Å². The van der Waals surface area contributed by atoms with Crippen LogP contribution >= 0.6 is 0 Å². The molecule has 0 amide bonds. The lowest BCUT2D eigenvalue weighted by molar-refractivity contribution is 0.0841. The summed E-state index contributed by atoms with van der Waals surface area (Å²) in [6.07, 6.45) is -0.777. The number of phenolic OH excluding ortho intramolecular Hbond substituents is 4. The predicted molar refractivity (Wildman–Crippen MR) is 81.3 cm³/mol. The molecule has 1 aliphatic rings. The summed E-state index contributed by atoms with van der Waals surface area (Å²) in [5.74, 6) is -0.919. The maximum atomic E-state index is 12.4. The second-order valence-corrected chi connectivity index (χ2v) is 5.67. The van der Waals surface area contributed by atoms with Gasteiger partial charge in [0.1, 0.15) is 40.4 Å². The Hall–Kier alpha value is -2.89. The highest BCUT2D eigenvalue weighted by molar-refractivity contribution is 6.03. The van der Waals surface area contributed by atoms with Gasteiger partial charge in [0.2, 0.25) is 0 Å². The van der Waals surface area contributed by atoms with Gasteiger partial charge in [-0.3, -0.25) is 4.79 Å². The lowest BCUT2D eigenvalue weighted by Gasteiger charge is -2.28. The van der Waals surface area contributed by atoms with Crippen molar-refractivity contribution in [1.29, 1.82) is 0 Å². The Morgan fingerprint density at radius 2 is 1.57 bits per heavy atom. The van der Waals surface area contributed by atoms with Crippen molar-refractivity contribution in [3.05, 3.63) is 40.5 Å². The van der Waals surface area contributed by atoms with Crippen LogP contribution in [0.5, 0.6) is 28.7 Å². The van der Waals surface area contributed by atoms with Gasteiger partial charge in [0.25, 0.3) is 0 Å². The summed E-state index contributed by atoms with van der Waals surface area (Å²) in [5.41, 5.74) is 1.07. The molecule has 0 saturated carbocycles. The highest BCUT2D eigenvalue weighted by Gasteiger charge is 2.34. The summed E-state index contributed by atoms with van der Waals surface area (Å²) >= 11 is 0. The first-order valence-electron chi connectivity index (χ1n) is 7.07. The molecule has 0 unspecified atom stereocenters. The number of Topliss-reactive ketones (excluding diaryl/α,β-unsaturated/α-hetero) is 1. The van der Waals surface area contributed by atoms with Gasteiger partial charge >= 0.3 is 0 Å². The number of carbonyl (C=O) groups excluding carboxylic acids is 1. The van der Waals surface area contributed by atoms with E-state index < -0.39 is 6.10 Å². The minimum Gasteiger partial charge on any atom is -0.508 e. The normalized spacial score (nSPS) is 16.8.